The molecule has 0 unspecified atom stereocenters. The number of carbonyl (C=O) groups excluding carboxylic acids is 4. The lowest BCUT2D eigenvalue weighted by atomic mass is 9.74. The van der Waals surface area contributed by atoms with Crippen LogP contribution in [-0.4, -0.2) is 90.9 Å². The molecule has 0 radical (unpaired) electrons. The van der Waals surface area contributed by atoms with Crippen LogP contribution in [0.4, 0.5) is 5.69 Å². The summed E-state index contributed by atoms with van der Waals surface area (Å²) in [6.45, 7) is 0.284. The fourth-order valence-electron chi connectivity index (χ4n) is 7.38. The molecule has 4 heterocycles. The van der Waals surface area contributed by atoms with Crippen LogP contribution in [0, 0.1) is 11.8 Å². The monoisotopic (exact) mass is 677 g/mol. The van der Waals surface area contributed by atoms with Crippen molar-refractivity contribution in [2.75, 3.05) is 38.3 Å². The molecular formula is C36H40ClN3O8. The van der Waals surface area contributed by atoms with E-state index in [9.17, 15) is 24.3 Å². The number of aliphatic hydroxyl groups is 1. The summed E-state index contributed by atoms with van der Waals surface area (Å²) >= 11 is 6.62. The van der Waals surface area contributed by atoms with Gasteiger partial charge in [-0.05, 0) is 37.0 Å². The molecule has 5 bridgehead atoms. The first-order valence-electron chi connectivity index (χ1n) is 16.3. The first-order valence-corrected chi connectivity index (χ1v) is 16.7. The minimum atomic E-state index is -1.43. The molecule has 0 aromatic heterocycles. The van der Waals surface area contributed by atoms with Crippen molar-refractivity contribution in [1.29, 1.82) is 0 Å². The zero-order valence-corrected chi connectivity index (χ0v) is 27.5. The van der Waals surface area contributed by atoms with E-state index in [1.165, 1.54) is 16.9 Å². The van der Waals surface area contributed by atoms with Gasteiger partial charge in [0.05, 0.1) is 35.4 Å². The standard InChI is InChI=1S/C36H40ClN3O8/c1-46-22-25-31(23-12-4-2-5-13-23)47-35(45)29-27-17-18-36(48-27)30(29)33(43)40(20-10-11-21-41)32(36)34(44)39(26-15-8-7-14-24(26)37)19-9-3-6-16-28(42)38-25/h2-5,7-9,12-15,17-18,25,27,29-32,41H,6,10-11,16,19-22H2,1H3,(H,38,42)/b9-3-/t25-,27+,29-,30-,31-,32+,36-/m1/s1. The fourth-order valence-corrected chi connectivity index (χ4v) is 7.62. The molecule has 254 valence electrons. The van der Waals surface area contributed by atoms with Crippen LogP contribution < -0.4 is 10.2 Å². The number of unbranched alkanes of at least 4 members (excludes halogenated alkanes) is 1. The van der Waals surface area contributed by atoms with Crippen LogP contribution in [0.3, 0.4) is 0 Å². The number of halogens is 1. The first kappa shape index (κ1) is 33.9. The topological polar surface area (TPSA) is 135 Å². The summed E-state index contributed by atoms with van der Waals surface area (Å²) in [7, 11) is 1.50. The molecule has 2 saturated heterocycles. The summed E-state index contributed by atoms with van der Waals surface area (Å²) < 4.78 is 18.2. The van der Waals surface area contributed by atoms with Crippen LogP contribution in [0.5, 0.6) is 0 Å². The fraction of sp³-hybridized carbons (Fsp3) is 0.444. The third-order valence-corrected chi connectivity index (χ3v) is 9.84. The van der Waals surface area contributed by atoms with Crippen molar-refractivity contribution < 1.29 is 38.5 Å². The summed E-state index contributed by atoms with van der Waals surface area (Å²) in [4.78, 5) is 59.8. The molecule has 2 fully saturated rings. The molecule has 4 aliphatic rings. The summed E-state index contributed by atoms with van der Waals surface area (Å²) in [6.07, 6.45) is 6.75. The van der Waals surface area contributed by atoms with Gasteiger partial charge in [-0.1, -0.05) is 78.4 Å². The molecule has 48 heavy (non-hydrogen) atoms. The number of allylic oxidation sites excluding steroid dienone is 1. The number of para-hydroxylation sites is 1. The number of benzene rings is 2. The van der Waals surface area contributed by atoms with Gasteiger partial charge in [-0.3, -0.25) is 19.2 Å². The SMILES string of the molecule is COC[C@H]1NC(=O)CC/C=C\CN(c2ccccc2Cl)C(=O)[C@@H]2N(CCCCO)C(=O)[C@H]3[C@H](C(=O)O[C@@H]1c1ccccc1)[C@@H]1C=C[C@]23O1. The van der Waals surface area contributed by atoms with E-state index >= 15 is 0 Å². The highest BCUT2D eigenvalue weighted by Crippen LogP contribution is 2.56. The van der Waals surface area contributed by atoms with Crippen molar-refractivity contribution in [3.05, 3.63) is 89.5 Å². The zero-order chi connectivity index (χ0) is 33.8. The second-order valence-corrected chi connectivity index (χ2v) is 12.9. The number of esters is 1. The van der Waals surface area contributed by atoms with Gasteiger partial charge in [-0.25, -0.2) is 0 Å². The zero-order valence-electron chi connectivity index (χ0n) is 26.7. The van der Waals surface area contributed by atoms with Crippen molar-refractivity contribution in [3.8, 4) is 0 Å². The normalized spacial score (nSPS) is 31.1. The van der Waals surface area contributed by atoms with Crippen LogP contribution in [0.2, 0.25) is 5.02 Å². The number of likely N-dealkylation sites (tertiary alicyclic amines) is 1. The number of aliphatic hydroxyl groups excluding tert-OH is 1. The number of carbonyl (C=O) groups is 4. The van der Waals surface area contributed by atoms with E-state index in [4.69, 9.17) is 25.8 Å². The number of anilines is 1. The van der Waals surface area contributed by atoms with E-state index < -0.39 is 59.5 Å². The number of cyclic esters (lactones) is 1. The number of nitrogens with zero attached hydrogens (tertiary/aromatic N) is 2. The van der Waals surface area contributed by atoms with Crippen LogP contribution in [-0.2, 0) is 33.4 Å². The maximum absolute atomic E-state index is 14.8. The predicted molar refractivity (Wildman–Crippen MR) is 177 cm³/mol. The number of ether oxygens (including phenoxy) is 3. The smallest absolute Gasteiger partial charge is 0.313 e. The maximum Gasteiger partial charge on any atom is 0.313 e. The van der Waals surface area contributed by atoms with Gasteiger partial charge in [0.25, 0.3) is 5.91 Å². The summed E-state index contributed by atoms with van der Waals surface area (Å²) in [5, 5.41) is 12.9. The highest BCUT2D eigenvalue weighted by atomic mass is 35.5. The molecule has 2 aromatic rings. The van der Waals surface area contributed by atoms with Crippen molar-refractivity contribution in [3.63, 3.8) is 0 Å². The molecule has 1 spiro atoms. The number of hydrogen-bond donors (Lipinski definition) is 2. The molecule has 11 nitrogen and oxygen atoms in total. The Morgan fingerprint density at radius 3 is 2.54 bits per heavy atom. The number of hydrogen-bond acceptors (Lipinski definition) is 8. The molecule has 6 rings (SSSR count). The van der Waals surface area contributed by atoms with Gasteiger partial charge in [-0.2, -0.15) is 0 Å². The molecule has 0 aliphatic carbocycles. The second-order valence-electron chi connectivity index (χ2n) is 12.5. The Balaban J connectivity index is 1.45. The Morgan fingerprint density at radius 2 is 1.79 bits per heavy atom. The van der Waals surface area contributed by atoms with Gasteiger partial charge in [0, 0.05) is 33.2 Å². The number of amides is 3. The highest BCUT2D eigenvalue weighted by molar-refractivity contribution is 6.34. The highest BCUT2D eigenvalue weighted by Gasteiger charge is 2.73. The minimum absolute atomic E-state index is 0.0627. The van der Waals surface area contributed by atoms with E-state index in [1.54, 1.807) is 54.6 Å². The largest absolute Gasteiger partial charge is 0.455 e. The number of methoxy groups -OCH3 is 1. The van der Waals surface area contributed by atoms with E-state index in [-0.39, 0.29) is 38.6 Å². The van der Waals surface area contributed by atoms with Gasteiger partial charge in [0.2, 0.25) is 11.8 Å². The van der Waals surface area contributed by atoms with Gasteiger partial charge >= 0.3 is 5.97 Å². The Kier molecular flexibility index (Phi) is 10.3. The lowest BCUT2D eigenvalue weighted by Crippen LogP contribution is -2.56. The molecule has 7 atom stereocenters. The molecule has 12 heteroatoms. The molecule has 2 aromatic carbocycles. The first-order chi connectivity index (χ1) is 23.3. The average molecular weight is 678 g/mol. The third kappa shape index (κ3) is 6.27. The third-order valence-electron chi connectivity index (χ3n) is 9.52. The number of rotatable bonds is 8. The second kappa shape index (κ2) is 14.6. The van der Waals surface area contributed by atoms with Gasteiger partial charge in [-0.15, -0.1) is 0 Å². The van der Waals surface area contributed by atoms with Crippen molar-refractivity contribution in [2.24, 2.45) is 11.8 Å². The van der Waals surface area contributed by atoms with Crippen LogP contribution in [0.15, 0.2) is 78.9 Å². The van der Waals surface area contributed by atoms with Crippen LogP contribution in [0.1, 0.15) is 37.4 Å². The van der Waals surface area contributed by atoms with Crippen LogP contribution >= 0.6 is 11.6 Å². The lowest BCUT2D eigenvalue weighted by Gasteiger charge is -2.36. The molecule has 2 N–H and O–H groups in total. The maximum atomic E-state index is 14.8. The van der Waals surface area contributed by atoms with Crippen LogP contribution in [0.25, 0.3) is 0 Å². The van der Waals surface area contributed by atoms with E-state index in [0.29, 0.717) is 35.5 Å². The lowest BCUT2D eigenvalue weighted by molar-refractivity contribution is -0.162. The summed E-state index contributed by atoms with van der Waals surface area (Å²) in [6, 6.07) is 14.2. The number of nitrogens with one attached hydrogen (secondary N) is 1. The van der Waals surface area contributed by atoms with E-state index in [0.717, 1.165) is 0 Å². The van der Waals surface area contributed by atoms with Crippen molar-refractivity contribution in [1.82, 2.24) is 10.2 Å². The van der Waals surface area contributed by atoms with Crippen molar-refractivity contribution >= 4 is 41.0 Å². The molecule has 0 saturated carbocycles. The van der Waals surface area contributed by atoms with E-state index in [1.807, 2.05) is 24.3 Å². The Bertz CT molecular complexity index is 1580. The quantitative estimate of drug-likeness (QED) is 0.247. The van der Waals surface area contributed by atoms with Gasteiger partial charge in [0.15, 0.2) is 0 Å². The van der Waals surface area contributed by atoms with Crippen molar-refractivity contribution in [2.45, 2.75) is 55.6 Å². The van der Waals surface area contributed by atoms with Gasteiger partial charge in [0.1, 0.15) is 23.7 Å². The summed E-state index contributed by atoms with van der Waals surface area (Å²) in [5.41, 5.74) is -0.332. The Morgan fingerprint density at radius 1 is 1.02 bits per heavy atom. The van der Waals surface area contributed by atoms with Gasteiger partial charge < -0.3 is 34.4 Å². The molecule has 4 aliphatic heterocycles. The van der Waals surface area contributed by atoms with E-state index in [2.05, 4.69) is 5.32 Å². The number of fused-ring (bicyclic) bond motifs is 2. The molecule has 3 amide bonds. The Labute approximate surface area is 284 Å². The summed E-state index contributed by atoms with van der Waals surface area (Å²) in [5.74, 6) is -3.83. The average Bonchev–Trinajstić information content (AvgIpc) is 3.73. The predicted octanol–water partition coefficient (Wildman–Crippen LogP) is 3.36. The molecular weight excluding hydrogens is 638 g/mol. The minimum Gasteiger partial charge on any atom is -0.455 e. The Hall–Kier alpha value is -4.03.